The van der Waals surface area contributed by atoms with Crippen LogP contribution in [0.15, 0.2) is 17.2 Å². The lowest BCUT2D eigenvalue weighted by atomic mass is 10.2. The molecule has 0 aliphatic carbocycles. The average Bonchev–Trinajstić information content (AvgIpc) is 2.34. The summed E-state index contributed by atoms with van der Waals surface area (Å²) in [6, 6.07) is -3.74. The number of halogens is 9. The van der Waals surface area contributed by atoms with Crippen LogP contribution in [-0.4, -0.2) is 29.5 Å². The van der Waals surface area contributed by atoms with Crippen molar-refractivity contribution in [3.63, 3.8) is 0 Å². The zero-order valence-corrected chi connectivity index (χ0v) is 11.5. The minimum absolute atomic E-state index is 0.133. The highest BCUT2D eigenvalue weighted by atomic mass is 35.5. The zero-order valence-electron chi connectivity index (χ0n) is 10.0. The fourth-order valence-electron chi connectivity index (χ4n) is 1.10. The van der Waals surface area contributed by atoms with Gasteiger partial charge in [0.2, 0.25) is 0 Å². The number of rotatable bonds is 4. The van der Waals surface area contributed by atoms with E-state index in [9.17, 15) is 35.8 Å². The Labute approximate surface area is 128 Å². The van der Waals surface area contributed by atoms with Gasteiger partial charge in [0, 0.05) is 0 Å². The first kappa shape index (κ1) is 18.6. The first-order valence-corrected chi connectivity index (χ1v) is 5.86. The Kier molecular flexibility index (Phi) is 5.08. The molecular formula is C10H5Cl2F7N2O. The van der Waals surface area contributed by atoms with Crippen LogP contribution >= 0.6 is 23.2 Å². The molecular weight excluding hydrogens is 368 g/mol. The Hall–Kier alpha value is -1.42. The normalized spacial score (nSPS) is 13.7. The lowest BCUT2D eigenvalue weighted by molar-refractivity contribution is -0.361. The van der Waals surface area contributed by atoms with E-state index in [-0.39, 0.29) is 15.6 Å². The summed E-state index contributed by atoms with van der Waals surface area (Å²) in [6.45, 7) is 0. The van der Waals surface area contributed by atoms with Crippen molar-refractivity contribution >= 4 is 29.4 Å². The summed E-state index contributed by atoms with van der Waals surface area (Å²) in [5, 5.41) is 11.2. The lowest BCUT2D eigenvalue weighted by Crippen LogP contribution is -2.58. The molecule has 0 unspecified atom stereocenters. The van der Waals surface area contributed by atoms with E-state index in [1.54, 1.807) is 0 Å². The Balaban J connectivity index is 2.94. The Bertz CT molecular complexity index is 566. The molecule has 0 heterocycles. The van der Waals surface area contributed by atoms with E-state index in [0.717, 1.165) is 12.1 Å². The van der Waals surface area contributed by atoms with Crippen LogP contribution in [0.3, 0.4) is 0 Å². The van der Waals surface area contributed by atoms with E-state index in [1.165, 1.54) is 0 Å². The third-order valence-electron chi connectivity index (χ3n) is 2.21. The highest BCUT2D eigenvalue weighted by Gasteiger charge is 2.73. The van der Waals surface area contributed by atoms with Crippen LogP contribution in [0.4, 0.5) is 30.7 Å². The molecule has 0 aliphatic heterocycles. The molecule has 0 aliphatic rings. The number of phenolic OH excluding ortho intramolecular Hbond substituents is 1. The van der Waals surface area contributed by atoms with Crippen LogP contribution < -0.4 is 5.43 Å². The van der Waals surface area contributed by atoms with Crippen molar-refractivity contribution in [1.82, 2.24) is 5.43 Å². The van der Waals surface area contributed by atoms with Crippen LogP contribution in [0.5, 0.6) is 5.75 Å². The van der Waals surface area contributed by atoms with E-state index < -0.39 is 23.9 Å². The standard InChI is InChI=1S/C10H5Cl2F7N2O/c11-5-1-4(2-6(12)7(5)22)3-20-21-10(18,19)8(13,14)9(15,16)17/h1-3,21-22H/b20-3+. The Morgan fingerprint density at radius 3 is 1.86 bits per heavy atom. The van der Waals surface area contributed by atoms with Gasteiger partial charge in [0.1, 0.15) is 0 Å². The van der Waals surface area contributed by atoms with E-state index in [0.29, 0.717) is 11.6 Å². The molecule has 124 valence electrons. The Morgan fingerprint density at radius 2 is 1.45 bits per heavy atom. The Morgan fingerprint density at radius 1 is 1.00 bits per heavy atom. The number of nitrogens with zero attached hydrogens (tertiary/aromatic N) is 1. The van der Waals surface area contributed by atoms with E-state index in [1.807, 2.05) is 0 Å². The SMILES string of the molecule is Oc1c(Cl)cc(/C=N/NC(F)(F)C(F)(F)C(F)(F)F)cc1Cl. The van der Waals surface area contributed by atoms with Crippen LogP contribution in [0.2, 0.25) is 10.0 Å². The highest BCUT2D eigenvalue weighted by Crippen LogP contribution is 2.45. The fraction of sp³-hybridized carbons (Fsp3) is 0.300. The molecule has 0 bridgehead atoms. The molecule has 22 heavy (non-hydrogen) atoms. The van der Waals surface area contributed by atoms with Crippen molar-refractivity contribution in [2.24, 2.45) is 5.10 Å². The summed E-state index contributed by atoms with van der Waals surface area (Å²) in [5.41, 5.74) is 0.292. The van der Waals surface area contributed by atoms with E-state index in [4.69, 9.17) is 23.2 Å². The molecule has 1 rings (SSSR count). The predicted octanol–water partition coefficient (Wildman–Crippen LogP) is 4.41. The van der Waals surface area contributed by atoms with Crippen molar-refractivity contribution in [2.75, 3.05) is 0 Å². The van der Waals surface area contributed by atoms with E-state index >= 15 is 0 Å². The van der Waals surface area contributed by atoms with Crippen molar-refractivity contribution in [1.29, 1.82) is 0 Å². The van der Waals surface area contributed by atoms with Crippen LogP contribution in [0.25, 0.3) is 0 Å². The first-order valence-electron chi connectivity index (χ1n) is 5.10. The number of phenols is 1. The van der Waals surface area contributed by atoms with Gasteiger partial charge < -0.3 is 5.11 Å². The largest absolute Gasteiger partial charge is 0.505 e. The van der Waals surface area contributed by atoms with Gasteiger partial charge in [0.25, 0.3) is 0 Å². The van der Waals surface area contributed by atoms with Crippen molar-refractivity contribution in [3.05, 3.63) is 27.7 Å². The summed E-state index contributed by atoms with van der Waals surface area (Å²) < 4.78 is 86.3. The molecule has 0 spiro atoms. The summed E-state index contributed by atoms with van der Waals surface area (Å²) in [4.78, 5) is 0. The zero-order chi connectivity index (χ0) is 17.3. The topological polar surface area (TPSA) is 44.6 Å². The van der Waals surface area contributed by atoms with Gasteiger partial charge in [-0.05, 0) is 17.7 Å². The number of aromatic hydroxyl groups is 1. The summed E-state index contributed by atoms with van der Waals surface area (Å²) in [6.07, 6.45) is -6.00. The highest BCUT2D eigenvalue weighted by molar-refractivity contribution is 6.37. The molecule has 2 N–H and O–H groups in total. The number of alkyl halides is 7. The predicted molar refractivity (Wildman–Crippen MR) is 64.8 cm³/mol. The lowest BCUT2D eigenvalue weighted by Gasteiger charge is -2.27. The van der Waals surface area contributed by atoms with Crippen LogP contribution in [0.1, 0.15) is 5.56 Å². The molecule has 12 heteroatoms. The third-order valence-corrected chi connectivity index (χ3v) is 2.78. The molecule has 0 saturated heterocycles. The van der Waals surface area contributed by atoms with Crippen LogP contribution in [-0.2, 0) is 0 Å². The van der Waals surface area contributed by atoms with Gasteiger partial charge >= 0.3 is 18.1 Å². The molecule has 3 nitrogen and oxygen atoms in total. The van der Waals surface area contributed by atoms with Gasteiger partial charge in [-0.2, -0.15) is 35.8 Å². The fourth-order valence-corrected chi connectivity index (χ4v) is 1.60. The molecule has 1 aromatic carbocycles. The second-order valence-corrected chi connectivity index (χ2v) is 4.66. The maximum absolute atomic E-state index is 12.8. The summed E-state index contributed by atoms with van der Waals surface area (Å²) >= 11 is 11.0. The second kappa shape index (κ2) is 5.99. The minimum Gasteiger partial charge on any atom is -0.505 e. The summed E-state index contributed by atoms with van der Waals surface area (Å²) in [7, 11) is 0. The van der Waals surface area contributed by atoms with Gasteiger partial charge in [-0.3, -0.25) is 0 Å². The van der Waals surface area contributed by atoms with Crippen LogP contribution in [0, 0.1) is 0 Å². The number of nitrogens with one attached hydrogen (secondary N) is 1. The molecule has 0 fully saturated rings. The maximum atomic E-state index is 12.8. The summed E-state index contributed by atoms with van der Waals surface area (Å²) in [5.74, 6) is -6.86. The van der Waals surface area contributed by atoms with Gasteiger partial charge in [-0.1, -0.05) is 23.2 Å². The third kappa shape index (κ3) is 3.67. The molecule has 0 atom stereocenters. The van der Waals surface area contributed by atoms with Gasteiger partial charge in [0.05, 0.1) is 16.3 Å². The number of hydrazone groups is 1. The molecule has 1 aromatic rings. The average molecular weight is 373 g/mol. The monoisotopic (exact) mass is 372 g/mol. The molecule has 0 saturated carbocycles. The molecule has 0 aromatic heterocycles. The number of benzene rings is 1. The van der Waals surface area contributed by atoms with Gasteiger partial charge in [-0.15, -0.1) is 0 Å². The maximum Gasteiger partial charge on any atom is 0.462 e. The second-order valence-electron chi connectivity index (χ2n) is 3.85. The quantitative estimate of drug-likeness (QED) is 0.356. The molecule has 0 radical (unpaired) electrons. The van der Waals surface area contributed by atoms with Gasteiger partial charge in [0.15, 0.2) is 5.75 Å². The van der Waals surface area contributed by atoms with Crippen molar-refractivity contribution < 1.29 is 35.8 Å². The number of hydrogen-bond donors (Lipinski definition) is 2. The van der Waals surface area contributed by atoms with Crippen molar-refractivity contribution in [3.8, 4) is 5.75 Å². The molecule has 0 amide bonds. The van der Waals surface area contributed by atoms with Gasteiger partial charge in [-0.25, -0.2) is 5.43 Å². The first-order chi connectivity index (χ1) is 9.79. The van der Waals surface area contributed by atoms with E-state index in [2.05, 4.69) is 5.10 Å². The minimum atomic E-state index is -6.47. The smallest absolute Gasteiger partial charge is 0.462 e. The number of hydrogen-bond acceptors (Lipinski definition) is 3. The van der Waals surface area contributed by atoms with Crippen molar-refractivity contribution in [2.45, 2.75) is 18.1 Å².